The molecule has 1 aliphatic rings. The van der Waals surface area contributed by atoms with Crippen LogP contribution in [0.25, 0.3) is 11.0 Å². The smallest absolute Gasteiger partial charge is 0.235 e. The number of aryl methyl sites for hydroxylation is 1. The van der Waals surface area contributed by atoms with Gasteiger partial charge in [-0.2, -0.15) is 5.10 Å². The Hall–Kier alpha value is -1.76. The zero-order valence-electron chi connectivity index (χ0n) is 10.2. The average molecular weight is 323 g/mol. The maximum atomic E-state index is 11.9. The molecule has 0 aliphatic carbocycles. The van der Waals surface area contributed by atoms with E-state index in [0.29, 0.717) is 18.5 Å². The average Bonchev–Trinajstić information content (AvgIpc) is 2.66. The van der Waals surface area contributed by atoms with Gasteiger partial charge >= 0.3 is 0 Å². The number of halogens is 1. The summed E-state index contributed by atoms with van der Waals surface area (Å²) in [5.74, 6) is -0.894. The van der Waals surface area contributed by atoms with E-state index in [-0.39, 0.29) is 11.8 Å². The Balaban J connectivity index is 2.12. The minimum atomic E-state index is -0.391. The number of rotatable bonds is 1. The van der Waals surface area contributed by atoms with E-state index < -0.39 is 5.92 Å². The molecule has 6 nitrogen and oxygen atoms in total. The standard InChI is InChI=1S/C12H11BrN4O2/c1-17-11-8(4-6(13)5-14-11)10(16-17)7-2-3-9(18)15-12(7)19/h4-5,7H,2-3H2,1H3,(H,15,18,19). The Kier molecular flexibility index (Phi) is 2.85. The molecule has 0 radical (unpaired) electrons. The number of hydrogen-bond acceptors (Lipinski definition) is 4. The van der Waals surface area contributed by atoms with Crippen LogP contribution in [0, 0.1) is 0 Å². The molecular formula is C12H11BrN4O2. The summed E-state index contributed by atoms with van der Waals surface area (Å²) < 4.78 is 2.49. The molecule has 0 saturated carbocycles. The predicted molar refractivity (Wildman–Crippen MR) is 71.3 cm³/mol. The van der Waals surface area contributed by atoms with Crippen LogP contribution in [0.15, 0.2) is 16.7 Å². The van der Waals surface area contributed by atoms with Crippen molar-refractivity contribution >= 4 is 38.8 Å². The van der Waals surface area contributed by atoms with Crippen LogP contribution in [0.4, 0.5) is 0 Å². The number of hydrogen-bond donors (Lipinski definition) is 1. The lowest BCUT2D eigenvalue weighted by molar-refractivity contribution is -0.134. The van der Waals surface area contributed by atoms with Gasteiger partial charge in [-0.25, -0.2) is 4.98 Å². The molecule has 2 aromatic heterocycles. The van der Waals surface area contributed by atoms with E-state index in [1.54, 1.807) is 17.9 Å². The Bertz CT molecular complexity index is 694. The largest absolute Gasteiger partial charge is 0.296 e. The Labute approximate surface area is 117 Å². The van der Waals surface area contributed by atoms with E-state index in [4.69, 9.17) is 0 Å². The third kappa shape index (κ3) is 2.03. The lowest BCUT2D eigenvalue weighted by Crippen LogP contribution is -2.39. The summed E-state index contributed by atoms with van der Waals surface area (Å²) in [6.07, 6.45) is 2.53. The number of imide groups is 1. The molecule has 1 saturated heterocycles. The van der Waals surface area contributed by atoms with Crippen LogP contribution >= 0.6 is 15.9 Å². The zero-order valence-corrected chi connectivity index (χ0v) is 11.8. The molecule has 1 aliphatic heterocycles. The molecule has 98 valence electrons. The highest BCUT2D eigenvalue weighted by Gasteiger charge is 2.31. The van der Waals surface area contributed by atoms with Gasteiger partial charge in [0.2, 0.25) is 11.8 Å². The molecule has 1 fully saturated rings. The zero-order chi connectivity index (χ0) is 13.6. The Morgan fingerprint density at radius 1 is 1.47 bits per heavy atom. The molecule has 1 N–H and O–H groups in total. The summed E-state index contributed by atoms with van der Waals surface area (Å²) in [4.78, 5) is 27.4. The van der Waals surface area contributed by atoms with Crippen LogP contribution in [0.3, 0.4) is 0 Å². The highest BCUT2D eigenvalue weighted by molar-refractivity contribution is 9.10. The lowest BCUT2D eigenvalue weighted by Gasteiger charge is -2.19. The monoisotopic (exact) mass is 322 g/mol. The molecule has 3 heterocycles. The van der Waals surface area contributed by atoms with Gasteiger partial charge in [0.05, 0.1) is 11.6 Å². The van der Waals surface area contributed by atoms with Crippen molar-refractivity contribution in [2.45, 2.75) is 18.8 Å². The number of carbonyl (C=O) groups excluding carboxylic acids is 2. The molecule has 7 heteroatoms. The van der Waals surface area contributed by atoms with Crippen LogP contribution in [0.5, 0.6) is 0 Å². The Morgan fingerprint density at radius 2 is 2.26 bits per heavy atom. The third-order valence-corrected chi connectivity index (χ3v) is 3.68. The summed E-state index contributed by atoms with van der Waals surface area (Å²) in [6.45, 7) is 0. The van der Waals surface area contributed by atoms with E-state index in [2.05, 4.69) is 31.3 Å². The highest BCUT2D eigenvalue weighted by Crippen LogP contribution is 2.30. The number of nitrogens with one attached hydrogen (secondary N) is 1. The minimum absolute atomic E-state index is 0.221. The summed E-state index contributed by atoms with van der Waals surface area (Å²) in [5, 5.41) is 7.59. The van der Waals surface area contributed by atoms with Gasteiger partial charge in [0.25, 0.3) is 0 Å². The third-order valence-electron chi connectivity index (χ3n) is 3.24. The van der Waals surface area contributed by atoms with Gasteiger partial charge < -0.3 is 0 Å². The maximum absolute atomic E-state index is 11.9. The molecule has 0 bridgehead atoms. The van der Waals surface area contributed by atoms with Crippen LogP contribution in [-0.4, -0.2) is 26.6 Å². The summed E-state index contributed by atoms with van der Waals surface area (Å²) in [6, 6.07) is 1.90. The predicted octanol–water partition coefficient (Wildman–Crippen LogP) is 1.25. The van der Waals surface area contributed by atoms with E-state index >= 15 is 0 Å². The van der Waals surface area contributed by atoms with Crippen molar-refractivity contribution < 1.29 is 9.59 Å². The molecule has 2 aromatic rings. The molecule has 0 aromatic carbocycles. The van der Waals surface area contributed by atoms with Crippen molar-refractivity contribution in [3.8, 4) is 0 Å². The first-order chi connectivity index (χ1) is 9.06. The Morgan fingerprint density at radius 3 is 3.00 bits per heavy atom. The molecule has 1 atom stereocenters. The number of fused-ring (bicyclic) bond motifs is 1. The first-order valence-electron chi connectivity index (χ1n) is 5.88. The number of piperidine rings is 1. The van der Waals surface area contributed by atoms with Crippen molar-refractivity contribution in [2.75, 3.05) is 0 Å². The van der Waals surface area contributed by atoms with Crippen molar-refractivity contribution in [1.82, 2.24) is 20.1 Å². The van der Waals surface area contributed by atoms with Gasteiger partial charge in [-0.05, 0) is 28.4 Å². The maximum Gasteiger partial charge on any atom is 0.235 e. The number of carbonyl (C=O) groups is 2. The SMILES string of the molecule is Cn1nc(C2CCC(=O)NC2=O)c2cc(Br)cnc21. The van der Waals surface area contributed by atoms with Crippen molar-refractivity contribution in [3.05, 3.63) is 22.4 Å². The van der Waals surface area contributed by atoms with E-state index in [1.807, 2.05) is 6.07 Å². The first-order valence-corrected chi connectivity index (χ1v) is 6.67. The van der Waals surface area contributed by atoms with Crippen molar-refractivity contribution in [1.29, 1.82) is 0 Å². The number of pyridine rings is 1. The van der Waals surface area contributed by atoms with Gasteiger partial charge in [-0.1, -0.05) is 0 Å². The van der Waals surface area contributed by atoms with Crippen LogP contribution in [0.1, 0.15) is 24.5 Å². The second-order valence-electron chi connectivity index (χ2n) is 4.54. The molecule has 2 amide bonds. The molecule has 3 rings (SSSR count). The minimum Gasteiger partial charge on any atom is -0.296 e. The van der Waals surface area contributed by atoms with E-state index in [1.165, 1.54) is 0 Å². The molecule has 19 heavy (non-hydrogen) atoms. The number of aromatic nitrogens is 3. The van der Waals surface area contributed by atoms with Gasteiger partial charge in [0.15, 0.2) is 5.65 Å². The van der Waals surface area contributed by atoms with Crippen LogP contribution in [0.2, 0.25) is 0 Å². The van der Waals surface area contributed by atoms with E-state index in [0.717, 1.165) is 15.5 Å². The normalized spacial score (nSPS) is 19.8. The quantitative estimate of drug-likeness (QED) is 0.802. The fourth-order valence-electron chi connectivity index (χ4n) is 2.35. The van der Waals surface area contributed by atoms with Crippen LogP contribution < -0.4 is 5.32 Å². The second-order valence-corrected chi connectivity index (χ2v) is 5.45. The summed E-state index contributed by atoms with van der Waals surface area (Å²) in [7, 11) is 1.79. The summed E-state index contributed by atoms with van der Waals surface area (Å²) >= 11 is 3.37. The number of amides is 2. The highest BCUT2D eigenvalue weighted by atomic mass is 79.9. The molecular weight excluding hydrogens is 312 g/mol. The van der Waals surface area contributed by atoms with Gasteiger partial charge in [-0.3, -0.25) is 19.6 Å². The second kappa shape index (κ2) is 4.41. The van der Waals surface area contributed by atoms with E-state index in [9.17, 15) is 9.59 Å². The summed E-state index contributed by atoms with van der Waals surface area (Å²) in [5.41, 5.74) is 1.40. The van der Waals surface area contributed by atoms with Gasteiger partial charge in [0.1, 0.15) is 0 Å². The molecule has 1 unspecified atom stereocenters. The lowest BCUT2D eigenvalue weighted by atomic mass is 9.93. The molecule has 0 spiro atoms. The fourth-order valence-corrected chi connectivity index (χ4v) is 2.68. The first kappa shape index (κ1) is 12.3. The van der Waals surface area contributed by atoms with Gasteiger partial charge in [-0.15, -0.1) is 0 Å². The fraction of sp³-hybridized carbons (Fsp3) is 0.333. The van der Waals surface area contributed by atoms with Crippen LogP contribution in [-0.2, 0) is 16.6 Å². The van der Waals surface area contributed by atoms with Gasteiger partial charge in [0, 0.05) is 29.5 Å². The topological polar surface area (TPSA) is 76.9 Å². The van der Waals surface area contributed by atoms with Crippen molar-refractivity contribution in [2.24, 2.45) is 7.05 Å². The number of nitrogens with zero attached hydrogens (tertiary/aromatic N) is 3. The van der Waals surface area contributed by atoms with Crippen molar-refractivity contribution in [3.63, 3.8) is 0 Å².